The van der Waals surface area contributed by atoms with Gasteiger partial charge in [-0.25, -0.2) is 8.42 Å². The summed E-state index contributed by atoms with van der Waals surface area (Å²) in [7, 11) is -0.974. The summed E-state index contributed by atoms with van der Waals surface area (Å²) in [6.45, 7) is 2.89. The molecule has 0 saturated carbocycles. The molecule has 2 saturated heterocycles. The van der Waals surface area contributed by atoms with Crippen molar-refractivity contribution in [1.29, 1.82) is 0 Å². The van der Waals surface area contributed by atoms with Crippen molar-refractivity contribution in [1.82, 2.24) is 9.80 Å². The summed E-state index contributed by atoms with van der Waals surface area (Å²) in [5.41, 5.74) is 0.615. The van der Waals surface area contributed by atoms with Crippen LogP contribution in [0.15, 0.2) is 24.3 Å². The first-order chi connectivity index (χ1) is 12.4. The van der Waals surface area contributed by atoms with Crippen molar-refractivity contribution < 1.29 is 17.9 Å². The fourth-order valence-corrected chi connectivity index (χ4v) is 6.03. The van der Waals surface area contributed by atoms with Gasteiger partial charge in [-0.15, -0.1) is 0 Å². The molecule has 7 heteroatoms. The van der Waals surface area contributed by atoms with Gasteiger partial charge in [0.15, 0.2) is 9.84 Å². The highest BCUT2D eigenvalue weighted by atomic mass is 32.2. The van der Waals surface area contributed by atoms with E-state index >= 15 is 0 Å². The highest BCUT2D eigenvalue weighted by Gasteiger charge is 2.43. The molecule has 1 aromatic carbocycles. The summed E-state index contributed by atoms with van der Waals surface area (Å²) < 4.78 is 30.1. The summed E-state index contributed by atoms with van der Waals surface area (Å²) in [6, 6.07) is 7.89. The Morgan fingerprint density at radius 1 is 1.23 bits per heavy atom. The molecule has 0 radical (unpaired) electrons. The van der Waals surface area contributed by atoms with Gasteiger partial charge in [-0.1, -0.05) is 18.2 Å². The second-order valence-electron chi connectivity index (χ2n) is 7.99. The number of carbonyl (C=O) groups excluding carboxylic acids is 1. The maximum Gasteiger partial charge on any atom is 0.227 e. The van der Waals surface area contributed by atoms with Crippen molar-refractivity contribution in [3.63, 3.8) is 0 Å². The van der Waals surface area contributed by atoms with Gasteiger partial charge in [-0.05, 0) is 19.5 Å². The van der Waals surface area contributed by atoms with E-state index in [1.807, 2.05) is 29.2 Å². The summed E-state index contributed by atoms with van der Waals surface area (Å²) in [5, 5.41) is 0. The molecule has 1 atom stereocenters. The smallest absolute Gasteiger partial charge is 0.227 e. The van der Waals surface area contributed by atoms with Gasteiger partial charge < -0.3 is 14.5 Å². The molecule has 1 amide bonds. The quantitative estimate of drug-likeness (QED) is 0.737. The van der Waals surface area contributed by atoms with Gasteiger partial charge in [-0.2, -0.15) is 0 Å². The Hall–Kier alpha value is -1.60. The average molecular weight is 378 g/mol. The van der Waals surface area contributed by atoms with Gasteiger partial charge in [0.25, 0.3) is 0 Å². The first-order valence-corrected chi connectivity index (χ1v) is 11.1. The number of carbonyl (C=O) groups is 1. The lowest BCUT2D eigenvalue weighted by molar-refractivity contribution is -0.138. The number of piperidine rings is 1. The fourth-order valence-electron chi connectivity index (χ4n) is 4.30. The minimum Gasteiger partial charge on any atom is -0.485 e. The highest BCUT2D eigenvalue weighted by Crippen LogP contribution is 2.36. The maximum absolute atomic E-state index is 13.1. The Labute approximate surface area is 155 Å². The molecule has 0 bridgehead atoms. The molecule has 2 fully saturated rings. The van der Waals surface area contributed by atoms with Crippen molar-refractivity contribution in [3.8, 4) is 5.75 Å². The number of rotatable bonds is 1. The fraction of sp³-hybridized carbons (Fsp3) is 0.632. The van der Waals surface area contributed by atoms with Gasteiger partial charge in [0.2, 0.25) is 5.91 Å². The summed E-state index contributed by atoms with van der Waals surface area (Å²) >= 11 is 0. The van der Waals surface area contributed by atoms with Crippen LogP contribution < -0.4 is 4.74 Å². The first-order valence-electron chi connectivity index (χ1n) is 9.31. The van der Waals surface area contributed by atoms with E-state index in [0.717, 1.165) is 37.2 Å². The Bertz CT molecular complexity index is 800. The molecule has 26 heavy (non-hydrogen) atoms. The molecule has 3 heterocycles. The lowest BCUT2D eigenvalue weighted by atomic mass is 9.90. The average Bonchev–Trinajstić information content (AvgIpc) is 2.89. The van der Waals surface area contributed by atoms with Crippen molar-refractivity contribution in [2.45, 2.75) is 31.4 Å². The molecule has 0 aliphatic carbocycles. The predicted octanol–water partition coefficient (Wildman–Crippen LogP) is 1.31. The topological polar surface area (TPSA) is 66.9 Å². The number of hydrogen-bond donors (Lipinski definition) is 0. The third-order valence-electron chi connectivity index (χ3n) is 5.93. The number of ether oxygens (including phenoxy) is 1. The lowest BCUT2D eigenvalue weighted by Crippen LogP contribution is -2.54. The number of benzene rings is 1. The number of sulfone groups is 1. The number of amides is 1. The van der Waals surface area contributed by atoms with E-state index in [4.69, 9.17) is 4.74 Å². The molecule has 3 aliphatic heterocycles. The molecule has 3 aliphatic rings. The van der Waals surface area contributed by atoms with Crippen molar-refractivity contribution in [2.24, 2.45) is 5.92 Å². The Kier molecular flexibility index (Phi) is 4.47. The van der Waals surface area contributed by atoms with E-state index in [9.17, 15) is 13.2 Å². The molecule has 0 aromatic heterocycles. The molecule has 1 spiro atoms. The third kappa shape index (κ3) is 3.47. The van der Waals surface area contributed by atoms with Gasteiger partial charge in [-0.3, -0.25) is 4.79 Å². The molecule has 6 nitrogen and oxygen atoms in total. The van der Waals surface area contributed by atoms with Crippen LogP contribution in [0.2, 0.25) is 0 Å². The van der Waals surface area contributed by atoms with E-state index in [1.165, 1.54) is 0 Å². The Morgan fingerprint density at radius 3 is 2.65 bits per heavy atom. The van der Waals surface area contributed by atoms with E-state index in [0.29, 0.717) is 19.5 Å². The minimum atomic E-state index is -3.07. The van der Waals surface area contributed by atoms with Crippen LogP contribution in [0.25, 0.3) is 0 Å². The molecule has 142 valence electrons. The van der Waals surface area contributed by atoms with E-state index < -0.39 is 15.8 Å². The predicted molar refractivity (Wildman–Crippen MR) is 98.7 cm³/mol. The van der Waals surface area contributed by atoms with Crippen LogP contribution in [0.1, 0.15) is 24.8 Å². The number of nitrogens with zero attached hydrogens (tertiary/aromatic N) is 2. The molecular formula is C19H26N2O4S. The SMILES string of the molecule is CN1CCC2(CC1)CN(C(=O)C1CCS(=O)(=O)C1)Cc1ccccc1O2. The van der Waals surface area contributed by atoms with Crippen LogP contribution in [-0.2, 0) is 21.2 Å². The Morgan fingerprint density at radius 2 is 1.96 bits per heavy atom. The normalized spacial score (nSPS) is 27.6. The highest BCUT2D eigenvalue weighted by molar-refractivity contribution is 7.91. The molecule has 1 unspecified atom stereocenters. The number of likely N-dealkylation sites (tertiary alicyclic amines) is 1. The largest absolute Gasteiger partial charge is 0.485 e. The van der Waals surface area contributed by atoms with Crippen LogP contribution in [0.4, 0.5) is 0 Å². The van der Waals surface area contributed by atoms with Crippen molar-refractivity contribution in [3.05, 3.63) is 29.8 Å². The monoisotopic (exact) mass is 378 g/mol. The minimum absolute atomic E-state index is 0.0133. The van der Waals surface area contributed by atoms with Crippen molar-refractivity contribution >= 4 is 15.7 Å². The summed E-state index contributed by atoms with van der Waals surface area (Å²) in [6.07, 6.45) is 2.17. The van der Waals surface area contributed by atoms with Gasteiger partial charge in [0, 0.05) is 38.0 Å². The van der Waals surface area contributed by atoms with E-state index in [-0.39, 0.29) is 23.0 Å². The standard InChI is InChI=1S/C19H26N2O4S/c1-20-9-7-19(8-10-20)14-21(12-15-4-2-3-5-17(15)25-19)18(22)16-6-11-26(23,24)13-16/h2-5,16H,6-14H2,1H3. The molecular weight excluding hydrogens is 352 g/mol. The van der Waals surface area contributed by atoms with Crippen LogP contribution in [-0.4, -0.2) is 67.9 Å². The second-order valence-corrected chi connectivity index (χ2v) is 10.2. The molecule has 1 aromatic rings. The number of hydrogen-bond acceptors (Lipinski definition) is 5. The zero-order valence-corrected chi connectivity index (χ0v) is 16.0. The molecule has 0 N–H and O–H groups in total. The van der Waals surface area contributed by atoms with Gasteiger partial charge in [0.05, 0.1) is 24.0 Å². The van der Waals surface area contributed by atoms with Crippen LogP contribution in [0.5, 0.6) is 5.75 Å². The zero-order chi connectivity index (χ0) is 18.4. The van der Waals surface area contributed by atoms with E-state index in [2.05, 4.69) is 11.9 Å². The first kappa shape index (κ1) is 17.8. The zero-order valence-electron chi connectivity index (χ0n) is 15.2. The van der Waals surface area contributed by atoms with Crippen LogP contribution in [0.3, 0.4) is 0 Å². The number of para-hydroxylation sites is 1. The van der Waals surface area contributed by atoms with Gasteiger partial charge >= 0.3 is 0 Å². The van der Waals surface area contributed by atoms with Gasteiger partial charge in [0.1, 0.15) is 11.4 Å². The maximum atomic E-state index is 13.1. The second kappa shape index (κ2) is 6.53. The third-order valence-corrected chi connectivity index (χ3v) is 7.70. The van der Waals surface area contributed by atoms with Crippen LogP contribution in [0, 0.1) is 5.92 Å². The summed E-state index contributed by atoms with van der Waals surface area (Å²) in [5.74, 6) is 0.519. The van der Waals surface area contributed by atoms with Crippen molar-refractivity contribution in [2.75, 3.05) is 38.2 Å². The van der Waals surface area contributed by atoms with E-state index in [1.54, 1.807) is 0 Å². The van der Waals surface area contributed by atoms with Crippen LogP contribution >= 0.6 is 0 Å². The number of fused-ring (bicyclic) bond motifs is 1. The lowest BCUT2D eigenvalue weighted by Gasteiger charge is -2.42. The molecule has 4 rings (SSSR count). The summed E-state index contributed by atoms with van der Waals surface area (Å²) in [4.78, 5) is 17.3. The Balaban J connectivity index is 1.63.